The Morgan fingerprint density at radius 3 is 2.44 bits per heavy atom. The van der Waals surface area contributed by atoms with Gasteiger partial charge in [0, 0.05) is 24.8 Å². The molecule has 1 aliphatic carbocycles. The number of hydrogen-bond acceptors (Lipinski definition) is 4. The predicted octanol–water partition coefficient (Wildman–Crippen LogP) is 3.52. The Labute approximate surface area is 157 Å². The van der Waals surface area contributed by atoms with Crippen molar-refractivity contribution in [2.24, 2.45) is 0 Å². The molecule has 2 atom stereocenters. The van der Waals surface area contributed by atoms with Crippen LogP contribution in [0.3, 0.4) is 0 Å². The van der Waals surface area contributed by atoms with Gasteiger partial charge in [-0.1, -0.05) is 42.5 Å². The molecule has 0 aliphatic heterocycles. The SMILES string of the molecule is O=C1CC[C@@H](NC(=O)OCc2ccccc2)[C@H](c2ccc(C(=O)O)cc2)C1. The molecule has 0 spiro atoms. The number of carbonyl (C=O) groups is 3. The number of Topliss-reactive ketones (excluding diaryl/α,β-unsaturated/α-hetero) is 1. The molecule has 0 bridgehead atoms. The third kappa shape index (κ3) is 4.94. The first kappa shape index (κ1) is 18.6. The summed E-state index contributed by atoms with van der Waals surface area (Å²) in [5, 5.41) is 11.9. The molecule has 2 N–H and O–H groups in total. The lowest BCUT2D eigenvalue weighted by Crippen LogP contribution is -2.43. The third-order valence-electron chi connectivity index (χ3n) is 4.77. The molecule has 3 rings (SSSR count). The molecular formula is C21H21NO5. The summed E-state index contributed by atoms with van der Waals surface area (Å²) in [6, 6.07) is 15.6. The van der Waals surface area contributed by atoms with Crippen LogP contribution in [0.15, 0.2) is 54.6 Å². The van der Waals surface area contributed by atoms with E-state index < -0.39 is 12.1 Å². The first-order chi connectivity index (χ1) is 13.0. The Bertz CT molecular complexity index is 816. The molecule has 0 saturated heterocycles. The Hall–Kier alpha value is -3.15. The van der Waals surface area contributed by atoms with E-state index in [4.69, 9.17) is 9.84 Å². The van der Waals surface area contributed by atoms with Gasteiger partial charge >= 0.3 is 12.1 Å². The van der Waals surface area contributed by atoms with Gasteiger partial charge in [0.1, 0.15) is 12.4 Å². The molecule has 140 valence electrons. The highest BCUT2D eigenvalue weighted by Crippen LogP contribution is 2.31. The van der Waals surface area contributed by atoms with Crippen LogP contribution in [0.25, 0.3) is 0 Å². The molecule has 27 heavy (non-hydrogen) atoms. The monoisotopic (exact) mass is 367 g/mol. The highest BCUT2D eigenvalue weighted by Gasteiger charge is 2.32. The second-order valence-corrected chi connectivity index (χ2v) is 6.63. The van der Waals surface area contributed by atoms with Gasteiger partial charge in [0.25, 0.3) is 0 Å². The van der Waals surface area contributed by atoms with E-state index in [0.717, 1.165) is 11.1 Å². The van der Waals surface area contributed by atoms with Gasteiger partial charge in [0.05, 0.1) is 5.56 Å². The zero-order chi connectivity index (χ0) is 19.2. The van der Waals surface area contributed by atoms with Crippen LogP contribution in [0.4, 0.5) is 4.79 Å². The molecule has 1 saturated carbocycles. The lowest BCUT2D eigenvalue weighted by atomic mass is 9.79. The van der Waals surface area contributed by atoms with Gasteiger partial charge in [-0.05, 0) is 29.7 Å². The van der Waals surface area contributed by atoms with Gasteiger partial charge in [-0.25, -0.2) is 9.59 Å². The van der Waals surface area contributed by atoms with Gasteiger partial charge in [-0.15, -0.1) is 0 Å². The summed E-state index contributed by atoms with van der Waals surface area (Å²) < 4.78 is 5.28. The van der Waals surface area contributed by atoms with Gasteiger partial charge in [-0.2, -0.15) is 0 Å². The fraction of sp³-hybridized carbons (Fsp3) is 0.286. The number of rotatable bonds is 5. The summed E-state index contributed by atoms with van der Waals surface area (Å²) in [4.78, 5) is 35.1. The minimum atomic E-state index is -1.000. The van der Waals surface area contributed by atoms with Crippen molar-refractivity contribution in [1.82, 2.24) is 5.32 Å². The Morgan fingerprint density at radius 1 is 1.07 bits per heavy atom. The van der Waals surface area contributed by atoms with Gasteiger partial charge in [0.2, 0.25) is 0 Å². The standard InChI is InChI=1S/C21H21NO5/c23-17-10-11-19(22-21(26)27-13-14-4-2-1-3-5-14)18(12-17)15-6-8-16(9-7-15)20(24)25/h1-9,18-19H,10-13H2,(H,22,26)(H,24,25)/t18-,19+/m0/s1. The van der Waals surface area contributed by atoms with Crippen LogP contribution in [-0.4, -0.2) is 29.0 Å². The molecule has 6 heteroatoms. The normalized spacial score (nSPS) is 19.3. The van der Waals surface area contributed by atoms with E-state index >= 15 is 0 Å². The Kier molecular flexibility index (Phi) is 5.86. The summed E-state index contributed by atoms with van der Waals surface area (Å²) in [5.74, 6) is -1.06. The number of alkyl carbamates (subject to hydrolysis) is 1. The van der Waals surface area contributed by atoms with E-state index in [9.17, 15) is 14.4 Å². The van der Waals surface area contributed by atoms with Crippen LogP contribution < -0.4 is 5.32 Å². The minimum Gasteiger partial charge on any atom is -0.478 e. The van der Waals surface area contributed by atoms with E-state index in [1.807, 2.05) is 30.3 Å². The molecule has 1 amide bonds. The molecule has 0 aromatic heterocycles. The number of ether oxygens (including phenoxy) is 1. The number of carboxylic acid groups (broad SMARTS) is 1. The number of ketones is 1. The quantitative estimate of drug-likeness (QED) is 0.843. The number of nitrogens with one attached hydrogen (secondary N) is 1. The molecule has 2 aromatic rings. The average Bonchev–Trinajstić information content (AvgIpc) is 2.68. The van der Waals surface area contributed by atoms with Gasteiger partial charge < -0.3 is 15.2 Å². The van der Waals surface area contributed by atoms with Crippen LogP contribution in [0.1, 0.15) is 46.7 Å². The number of hydrogen-bond donors (Lipinski definition) is 2. The Balaban J connectivity index is 1.65. The van der Waals surface area contributed by atoms with Crippen molar-refractivity contribution in [3.05, 3.63) is 71.3 Å². The van der Waals surface area contributed by atoms with Crippen molar-refractivity contribution in [1.29, 1.82) is 0 Å². The molecule has 6 nitrogen and oxygen atoms in total. The molecule has 0 heterocycles. The maximum absolute atomic E-state index is 12.2. The molecule has 0 radical (unpaired) electrons. The third-order valence-corrected chi connectivity index (χ3v) is 4.77. The molecular weight excluding hydrogens is 346 g/mol. The van der Waals surface area contributed by atoms with Crippen molar-refractivity contribution in [2.75, 3.05) is 0 Å². The topological polar surface area (TPSA) is 92.7 Å². The summed E-state index contributed by atoms with van der Waals surface area (Å²) in [7, 11) is 0. The summed E-state index contributed by atoms with van der Waals surface area (Å²) >= 11 is 0. The zero-order valence-corrected chi connectivity index (χ0v) is 14.8. The maximum atomic E-state index is 12.2. The zero-order valence-electron chi connectivity index (χ0n) is 14.8. The van der Waals surface area contributed by atoms with Crippen LogP contribution >= 0.6 is 0 Å². The second-order valence-electron chi connectivity index (χ2n) is 6.63. The molecule has 0 unspecified atom stereocenters. The summed E-state index contributed by atoms with van der Waals surface area (Å²) in [6.45, 7) is 0.177. The fourth-order valence-corrected chi connectivity index (χ4v) is 3.32. The second kappa shape index (κ2) is 8.49. The van der Waals surface area contributed by atoms with E-state index in [-0.39, 0.29) is 29.9 Å². The minimum absolute atomic E-state index is 0.137. The van der Waals surface area contributed by atoms with Crippen molar-refractivity contribution in [3.8, 4) is 0 Å². The van der Waals surface area contributed by atoms with E-state index in [0.29, 0.717) is 19.3 Å². The van der Waals surface area contributed by atoms with Crippen molar-refractivity contribution in [3.63, 3.8) is 0 Å². The van der Waals surface area contributed by atoms with E-state index in [1.54, 1.807) is 12.1 Å². The lowest BCUT2D eigenvalue weighted by molar-refractivity contribution is -0.121. The highest BCUT2D eigenvalue weighted by atomic mass is 16.5. The van der Waals surface area contributed by atoms with E-state index in [1.165, 1.54) is 12.1 Å². The smallest absolute Gasteiger partial charge is 0.407 e. The number of benzene rings is 2. The van der Waals surface area contributed by atoms with Crippen molar-refractivity contribution >= 4 is 17.8 Å². The van der Waals surface area contributed by atoms with E-state index in [2.05, 4.69) is 5.32 Å². The molecule has 2 aromatic carbocycles. The number of aromatic carboxylic acids is 1. The highest BCUT2D eigenvalue weighted by molar-refractivity contribution is 5.87. The molecule has 1 fully saturated rings. The van der Waals surface area contributed by atoms with Gasteiger partial charge in [-0.3, -0.25) is 4.79 Å². The molecule has 1 aliphatic rings. The first-order valence-corrected chi connectivity index (χ1v) is 8.85. The first-order valence-electron chi connectivity index (χ1n) is 8.85. The van der Waals surface area contributed by atoms with Gasteiger partial charge in [0.15, 0.2) is 0 Å². The summed E-state index contributed by atoms with van der Waals surface area (Å²) in [6.07, 6.45) is 0.735. The Morgan fingerprint density at radius 2 is 1.78 bits per heavy atom. The predicted molar refractivity (Wildman–Crippen MR) is 98.6 cm³/mol. The van der Waals surface area contributed by atoms with Crippen molar-refractivity contribution < 1.29 is 24.2 Å². The van der Waals surface area contributed by atoms with Crippen LogP contribution in [0.5, 0.6) is 0 Å². The largest absolute Gasteiger partial charge is 0.478 e. The van der Waals surface area contributed by atoms with Crippen LogP contribution in [0, 0.1) is 0 Å². The fourth-order valence-electron chi connectivity index (χ4n) is 3.32. The maximum Gasteiger partial charge on any atom is 0.407 e. The van der Waals surface area contributed by atoms with Crippen LogP contribution in [0.2, 0.25) is 0 Å². The number of carboxylic acids is 1. The average molecular weight is 367 g/mol. The number of amides is 1. The number of carbonyl (C=O) groups excluding carboxylic acids is 2. The lowest BCUT2D eigenvalue weighted by Gasteiger charge is -2.31. The van der Waals surface area contributed by atoms with Crippen LogP contribution in [-0.2, 0) is 16.1 Å². The summed E-state index contributed by atoms with van der Waals surface area (Å²) in [5.41, 5.74) is 1.92. The van der Waals surface area contributed by atoms with Crippen molar-refractivity contribution in [2.45, 2.75) is 37.8 Å².